The number of aryl methyl sites for hydroxylation is 1. The molecule has 10 heteroatoms. The first-order chi connectivity index (χ1) is 12.9. The van der Waals surface area contributed by atoms with Crippen molar-refractivity contribution in [2.75, 3.05) is 19.6 Å². The van der Waals surface area contributed by atoms with Crippen molar-refractivity contribution >= 4 is 21.8 Å². The van der Waals surface area contributed by atoms with Crippen LogP contribution in [0.25, 0.3) is 0 Å². The molecule has 2 aliphatic rings. The summed E-state index contributed by atoms with van der Waals surface area (Å²) in [6.45, 7) is 0.789. The van der Waals surface area contributed by atoms with Gasteiger partial charge in [0.2, 0.25) is 11.8 Å². The van der Waals surface area contributed by atoms with E-state index in [1.807, 2.05) is 0 Å². The molecule has 2 fully saturated rings. The van der Waals surface area contributed by atoms with Crippen LogP contribution in [-0.2, 0) is 26.7 Å². The lowest BCUT2D eigenvalue weighted by Crippen LogP contribution is -2.36. The third kappa shape index (κ3) is 5.29. The summed E-state index contributed by atoms with van der Waals surface area (Å²) in [6.07, 6.45) is 6.72. The first-order valence-corrected chi connectivity index (χ1v) is 10.9. The zero-order valence-electron chi connectivity index (χ0n) is 15.6. The minimum absolute atomic E-state index is 0.00475. The molecule has 1 aliphatic carbocycles. The zero-order chi connectivity index (χ0) is 19.4. The Hall–Kier alpha value is -1.94. The smallest absolute Gasteiger partial charge is 0.262 e. The van der Waals surface area contributed by atoms with Crippen LogP contribution in [0.5, 0.6) is 0 Å². The second kappa shape index (κ2) is 8.39. The van der Waals surface area contributed by atoms with Crippen molar-refractivity contribution in [1.82, 2.24) is 24.5 Å². The normalized spacial score (nSPS) is 23.3. The van der Waals surface area contributed by atoms with E-state index >= 15 is 0 Å². The van der Waals surface area contributed by atoms with Gasteiger partial charge in [-0.2, -0.15) is 4.31 Å². The van der Waals surface area contributed by atoms with Crippen LogP contribution in [0.3, 0.4) is 0 Å². The zero-order valence-corrected chi connectivity index (χ0v) is 16.4. The van der Waals surface area contributed by atoms with E-state index in [1.165, 1.54) is 16.8 Å². The number of sulfonamides is 1. The number of hydrogen-bond acceptors (Lipinski definition) is 5. The summed E-state index contributed by atoms with van der Waals surface area (Å²) in [5, 5.41) is 5.77. The van der Waals surface area contributed by atoms with Crippen molar-refractivity contribution < 1.29 is 18.0 Å². The molecule has 2 heterocycles. The number of aromatic nitrogens is 2. The van der Waals surface area contributed by atoms with Crippen LogP contribution in [0.2, 0.25) is 0 Å². The highest BCUT2D eigenvalue weighted by molar-refractivity contribution is 7.89. The molecule has 1 unspecified atom stereocenters. The van der Waals surface area contributed by atoms with Gasteiger partial charge >= 0.3 is 0 Å². The summed E-state index contributed by atoms with van der Waals surface area (Å²) in [4.78, 5) is 28.4. The Balaban J connectivity index is 1.70. The highest BCUT2D eigenvalue weighted by Crippen LogP contribution is 2.22. The van der Waals surface area contributed by atoms with Gasteiger partial charge in [-0.05, 0) is 32.1 Å². The number of nitrogens with one attached hydrogen (secondary N) is 2. The predicted molar refractivity (Wildman–Crippen MR) is 98.1 cm³/mol. The van der Waals surface area contributed by atoms with E-state index in [0.717, 1.165) is 12.8 Å². The maximum atomic E-state index is 12.9. The second-order valence-corrected chi connectivity index (χ2v) is 9.18. The molecule has 0 aromatic carbocycles. The minimum atomic E-state index is -3.77. The molecule has 1 aliphatic heterocycles. The Morgan fingerprint density at radius 3 is 2.70 bits per heavy atom. The molecule has 150 valence electrons. The summed E-state index contributed by atoms with van der Waals surface area (Å²) in [6, 6.07) is 0.284. The molecule has 1 aromatic heterocycles. The number of rotatable bonds is 4. The summed E-state index contributed by atoms with van der Waals surface area (Å²) >= 11 is 0. The lowest BCUT2D eigenvalue weighted by molar-refractivity contribution is -0.126. The first-order valence-electron chi connectivity index (χ1n) is 9.41. The van der Waals surface area contributed by atoms with Crippen molar-refractivity contribution in [3.8, 4) is 0 Å². The average Bonchev–Trinajstić information content (AvgIpc) is 3.32. The number of amides is 2. The van der Waals surface area contributed by atoms with E-state index in [-0.39, 0.29) is 48.3 Å². The van der Waals surface area contributed by atoms with E-state index in [2.05, 4.69) is 15.6 Å². The lowest BCUT2D eigenvalue weighted by Gasteiger charge is -2.21. The van der Waals surface area contributed by atoms with Crippen LogP contribution < -0.4 is 10.6 Å². The van der Waals surface area contributed by atoms with Gasteiger partial charge in [-0.3, -0.25) is 9.59 Å². The lowest BCUT2D eigenvalue weighted by atomic mass is 9.98. The van der Waals surface area contributed by atoms with E-state index in [9.17, 15) is 18.0 Å². The number of hydrogen-bond donors (Lipinski definition) is 2. The van der Waals surface area contributed by atoms with Crippen LogP contribution in [0, 0.1) is 5.92 Å². The topological polar surface area (TPSA) is 113 Å². The molecule has 1 saturated heterocycles. The molecule has 3 rings (SSSR count). The standard InChI is InChI=1S/C17H27N5O4S/c1-21-11-16(19-12-21)27(25,26)22-9-2-3-13(17(24)20-14-4-5-14)6-8-18-15(23)7-10-22/h11-14H,2-10H2,1H3,(H,18,23)(H,20,24). The summed E-state index contributed by atoms with van der Waals surface area (Å²) in [5.41, 5.74) is 0. The van der Waals surface area contributed by atoms with Crippen molar-refractivity contribution in [3.63, 3.8) is 0 Å². The van der Waals surface area contributed by atoms with E-state index in [4.69, 9.17) is 0 Å². The van der Waals surface area contributed by atoms with Crippen molar-refractivity contribution in [2.45, 2.75) is 49.6 Å². The maximum Gasteiger partial charge on any atom is 0.262 e. The van der Waals surface area contributed by atoms with Crippen LogP contribution in [-0.4, -0.2) is 59.8 Å². The van der Waals surface area contributed by atoms with Gasteiger partial charge in [0.15, 0.2) is 5.03 Å². The van der Waals surface area contributed by atoms with Gasteiger partial charge in [0.25, 0.3) is 10.0 Å². The molecular formula is C17H27N5O4S. The number of imidazole rings is 1. The quantitative estimate of drug-likeness (QED) is 0.742. The van der Waals surface area contributed by atoms with Gasteiger partial charge in [0.05, 0.1) is 6.33 Å². The van der Waals surface area contributed by atoms with Gasteiger partial charge in [-0.1, -0.05) is 0 Å². The van der Waals surface area contributed by atoms with Gasteiger partial charge < -0.3 is 15.2 Å². The second-order valence-electron chi connectivity index (χ2n) is 7.29. The van der Waals surface area contributed by atoms with Crippen LogP contribution in [0.1, 0.15) is 38.5 Å². The van der Waals surface area contributed by atoms with Crippen molar-refractivity contribution in [2.24, 2.45) is 13.0 Å². The molecule has 0 radical (unpaired) electrons. The molecule has 1 atom stereocenters. The molecule has 27 heavy (non-hydrogen) atoms. The molecule has 1 saturated carbocycles. The fraction of sp³-hybridized carbons (Fsp3) is 0.706. The molecular weight excluding hydrogens is 370 g/mol. The average molecular weight is 398 g/mol. The highest BCUT2D eigenvalue weighted by Gasteiger charge is 2.30. The Labute approximate surface area is 159 Å². The Morgan fingerprint density at radius 2 is 2.04 bits per heavy atom. The summed E-state index contributed by atoms with van der Waals surface area (Å²) in [5.74, 6) is -0.423. The van der Waals surface area contributed by atoms with E-state index in [0.29, 0.717) is 25.8 Å². The molecule has 0 bridgehead atoms. The molecule has 2 amide bonds. The number of carbonyl (C=O) groups excluding carboxylic acids is 2. The van der Waals surface area contributed by atoms with Crippen molar-refractivity contribution in [3.05, 3.63) is 12.5 Å². The third-order valence-corrected chi connectivity index (χ3v) is 6.73. The largest absolute Gasteiger partial charge is 0.356 e. The molecule has 2 N–H and O–H groups in total. The number of nitrogens with zero attached hydrogens (tertiary/aromatic N) is 3. The summed E-state index contributed by atoms with van der Waals surface area (Å²) < 4.78 is 28.6. The van der Waals surface area contributed by atoms with Gasteiger partial charge in [0.1, 0.15) is 0 Å². The Kier molecular flexibility index (Phi) is 6.15. The summed E-state index contributed by atoms with van der Waals surface area (Å²) in [7, 11) is -2.07. The highest BCUT2D eigenvalue weighted by atomic mass is 32.2. The molecule has 9 nitrogen and oxygen atoms in total. The SMILES string of the molecule is Cn1cnc(S(=O)(=O)N2CCCC(C(=O)NC3CC3)CCNC(=O)CC2)c1. The van der Waals surface area contributed by atoms with Gasteiger partial charge in [-0.15, -0.1) is 0 Å². The van der Waals surface area contributed by atoms with Crippen molar-refractivity contribution in [1.29, 1.82) is 0 Å². The third-order valence-electron chi connectivity index (χ3n) is 4.94. The van der Waals surface area contributed by atoms with Crippen LogP contribution in [0.4, 0.5) is 0 Å². The first kappa shape index (κ1) is 19.8. The number of carbonyl (C=O) groups is 2. The monoisotopic (exact) mass is 397 g/mol. The maximum absolute atomic E-state index is 12.9. The van der Waals surface area contributed by atoms with E-state index in [1.54, 1.807) is 11.6 Å². The minimum Gasteiger partial charge on any atom is -0.356 e. The van der Waals surface area contributed by atoms with E-state index < -0.39 is 10.0 Å². The van der Waals surface area contributed by atoms with Gasteiger partial charge in [-0.25, -0.2) is 13.4 Å². The Morgan fingerprint density at radius 1 is 1.26 bits per heavy atom. The van der Waals surface area contributed by atoms with Crippen LogP contribution >= 0.6 is 0 Å². The van der Waals surface area contributed by atoms with Crippen LogP contribution in [0.15, 0.2) is 17.6 Å². The molecule has 1 aromatic rings. The molecule has 0 spiro atoms. The van der Waals surface area contributed by atoms with Gasteiger partial charge in [0, 0.05) is 51.3 Å². The fourth-order valence-electron chi connectivity index (χ4n) is 3.17. The predicted octanol–water partition coefficient (Wildman–Crippen LogP) is -0.00420. The Bertz CT molecular complexity index is 787. The fourth-order valence-corrected chi connectivity index (χ4v) is 4.62.